The molecule has 2 aromatic rings. The number of aryl methyl sites for hydroxylation is 2. The van der Waals surface area contributed by atoms with Gasteiger partial charge in [-0.2, -0.15) is 0 Å². The van der Waals surface area contributed by atoms with Gasteiger partial charge in [0, 0.05) is 16.8 Å². The van der Waals surface area contributed by atoms with Crippen molar-refractivity contribution in [2.45, 2.75) is 26.2 Å². The Bertz CT molecular complexity index is 719. The summed E-state index contributed by atoms with van der Waals surface area (Å²) in [5, 5.41) is 12.5. The SMILES string of the molecule is Cc1ccc(C(=O)Nc2sc3c(c2C(=O)O)CCC3)cn1. The molecule has 0 unspecified atom stereocenters. The number of carbonyl (C=O) groups excluding carboxylic acids is 1. The Hall–Kier alpha value is -2.21. The van der Waals surface area contributed by atoms with Crippen molar-refractivity contribution in [3.05, 3.63) is 45.6 Å². The lowest BCUT2D eigenvalue weighted by Gasteiger charge is -2.05. The molecule has 2 aromatic heterocycles. The summed E-state index contributed by atoms with van der Waals surface area (Å²) in [6.07, 6.45) is 4.14. The number of carboxylic acid groups (broad SMARTS) is 1. The van der Waals surface area contributed by atoms with Gasteiger partial charge >= 0.3 is 5.97 Å². The lowest BCUT2D eigenvalue weighted by Crippen LogP contribution is -2.14. The number of thiophene rings is 1. The second kappa shape index (κ2) is 5.29. The Kier molecular flexibility index (Phi) is 3.47. The second-order valence-corrected chi connectivity index (χ2v) is 6.11. The van der Waals surface area contributed by atoms with Crippen molar-refractivity contribution in [1.82, 2.24) is 4.98 Å². The van der Waals surface area contributed by atoms with Crippen molar-refractivity contribution in [3.63, 3.8) is 0 Å². The summed E-state index contributed by atoms with van der Waals surface area (Å²) in [5.74, 6) is -1.31. The van der Waals surface area contributed by atoms with Gasteiger partial charge in [0.1, 0.15) is 5.00 Å². The highest BCUT2D eigenvalue weighted by molar-refractivity contribution is 7.17. The van der Waals surface area contributed by atoms with E-state index in [2.05, 4.69) is 10.3 Å². The number of aromatic nitrogens is 1. The summed E-state index contributed by atoms with van der Waals surface area (Å²) in [4.78, 5) is 28.8. The van der Waals surface area contributed by atoms with Crippen LogP contribution in [0.1, 0.15) is 43.3 Å². The number of nitrogens with one attached hydrogen (secondary N) is 1. The van der Waals surface area contributed by atoms with Crippen LogP contribution in [0.25, 0.3) is 0 Å². The predicted octanol–water partition coefficient (Wildman–Crippen LogP) is 2.89. The summed E-state index contributed by atoms with van der Waals surface area (Å²) in [7, 11) is 0. The van der Waals surface area contributed by atoms with Crippen molar-refractivity contribution in [3.8, 4) is 0 Å². The minimum Gasteiger partial charge on any atom is -0.478 e. The van der Waals surface area contributed by atoms with Crippen LogP contribution < -0.4 is 5.32 Å². The molecule has 0 aromatic carbocycles. The molecular weight excluding hydrogens is 288 g/mol. The van der Waals surface area contributed by atoms with Gasteiger partial charge in [-0.1, -0.05) is 0 Å². The molecule has 0 saturated heterocycles. The highest BCUT2D eigenvalue weighted by atomic mass is 32.1. The average molecular weight is 302 g/mol. The van der Waals surface area contributed by atoms with E-state index < -0.39 is 5.97 Å². The third kappa shape index (κ3) is 2.54. The van der Waals surface area contributed by atoms with Gasteiger partial charge in [0.2, 0.25) is 0 Å². The van der Waals surface area contributed by atoms with E-state index in [1.54, 1.807) is 12.1 Å². The van der Waals surface area contributed by atoms with Crippen LogP contribution >= 0.6 is 11.3 Å². The van der Waals surface area contributed by atoms with Gasteiger partial charge in [-0.15, -0.1) is 11.3 Å². The molecule has 1 aliphatic rings. The molecule has 108 valence electrons. The fraction of sp³-hybridized carbons (Fsp3) is 0.267. The second-order valence-electron chi connectivity index (χ2n) is 5.01. The maximum atomic E-state index is 12.2. The predicted molar refractivity (Wildman–Crippen MR) is 80.2 cm³/mol. The number of nitrogens with zero attached hydrogens (tertiary/aromatic N) is 1. The summed E-state index contributed by atoms with van der Waals surface area (Å²) in [6.45, 7) is 1.84. The first-order chi connectivity index (χ1) is 10.1. The molecule has 2 heterocycles. The number of amides is 1. The lowest BCUT2D eigenvalue weighted by atomic mass is 10.1. The monoisotopic (exact) mass is 302 g/mol. The molecule has 0 fully saturated rings. The number of fused-ring (bicyclic) bond motifs is 1. The van der Waals surface area contributed by atoms with E-state index in [0.29, 0.717) is 10.6 Å². The lowest BCUT2D eigenvalue weighted by molar-refractivity contribution is 0.0697. The molecule has 5 nitrogen and oxygen atoms in total. The summed E-state index contributed by atoms with van der Waals surface area (Å²) in [5.41, 5.74) is 2.38. The first-order valence-electron chi connectivity index (χ1n) is 6.68. The summed E-state index contributed by atoms with van der Waals surface area (Å²) >= 11 is 1.37. The first-order valence-corrected chi connectivity index (χ1v) is 7.49. The number of carboxylic acids is 1. The van der Waals surface area contributed by atoms with Gasteiger partial charge < -0.3 is 10.4 Å². The van der Waals surface area contributed by atoms with Crippen LogP contribution in [-0.2, 0) is 12.8 Å². The summed E-state index contributed by atoms with van der Waals surface area (Å²) < 4.78 is 0. The number of hydrogen-bond acceptors (Lipinski definition) is 4. The van der Waals surface area contributed by atoms with E-state index in [1.807, 2.05) is 6.92 Å². The fourth-order valence-corrected chi connectivity index (χ4v) is 3.77. The number of rotatable bonds is 3. The van der Waals surface area contributed by atoms with Crippen molar-refractivity contribution in [2.75, 3.05) is 5.32 Å². The van der Waals surface area contributed by atoms with Crippen molar-refractivity contribution >= 4 is 28.2 Å². The van der Waals surface area contributed by atoms with Gasteiger partial charge in [0.25, 0.3) is 5.91 Å². The van der Waals surface area contributed by atoms with Crippen molar-refractivity contribution < 1.29 is 14.7 Å². The Morgan fingerprint density at radius 2 is 2.14 bits per heavy atom. The molecule has 21 heavy (non-hydrogen) atoms. The van der Waals surface area contributed by atoms with Crippen LogP contribution in [0.4, 0.5) is 5.00 Å². The molecule has 0 atom stereocenters. The molecule has 0 spiro atoms. The zero-order valence-corrected chi connectivity index (χ0v) is 12.3. The number of hydrogen-bond donors (Lipinski definition) is 2. The van der Waals surface area contributed by atoms with E-state index in [1.165, 1.54) is 17.5 Å². The third-order valence-electron chi connectivity index (χ3n) is 3.54. The first kappa shape index (κ1) is 13.8. The van der Waals surface area contributed by atoms with Gasteiger partial charge in [-0.3, -0.25) is 9.78 Å². The maximum absolute atomic E-state index is 12.2. The minimum absolute atomic E-state index is 0.251. The molecule has 2 N–H and O–H groups in total. The van der Waals surface area contributed by atoms with Crippen molar-refractivity contribution in [1.29, 1.82) is 0 Å². The average Bonchev–Trinajstić information content (AvgIpc) is 2.98. The largest absolute Gasteiger partial charge is 0.478 e. The Morgan fingerprint density at radius 1 is 1.33 bits per heavy atom. The smallest absolute Gasteiger partial charge is 0.339 e. The molecule has 0 saturated carbocycles. The Morgan fingerprint density at radius 3 is 2.81 bits per heavy atom. The van der Waals surface area contributed by atoms with Gasteiger partial charge in [0.05, 0.1) is 11.1 Å². The quantitative estimate of drug-likeness (QED) is 0.913. The van der Waals surface area contributed by atoms with Crippen LogP contribution in [0, 0.1) is 6.92 Å². The highest BCUT2D eigenvalue weighted by Crippen LogP contribution is 2.39. The topological polar surface area (TPSA) is 79.3 Å². The van der Waals surface area contributed by atoms with Gasteiger partial charge in [-0.25, -0.2) is 4.79 Å². The van der Waals surface area contributed by atoms with Crippen LogP contribution in [-0.4, -0.2) is 22.0 Å². The van der Waals surface area contributed by atoms with Gasteiger partial charge in [-0.05, 0) is 43.9 Å². The number of pyridine rings is 1. The minimum atomic E-state index is -0.980. The van der Waals surface area contributed by atoms with Crippen molar-refractivity contribution in [2.24, 2.45) is 0 Å². The standard InChI is InChI=1S/C15H14N2O3S/c1-8-5-6-9(7-16-8)13(18)17-14-12(15(19)20)10-3-2-4-11(10)21-14/h5-7H,2-4H2,1H3,(H,17,18)(H,19,20). The molecule has 0 radical (unpaired) electrons. The number of anilines is 1. The number of carbonyl (C=O) groups is 2. The summed E-state index contributed by atoms with van der Waals surface area (Å²) in [6, 6.07) is 3.43. The number of aromatic carboxylic acids is 1. The molecule has 1 amide bonds. The Balaban J connectivity index is 1.90. The van der Waals surface area contributed by atoms with E-state index in [4.69, 9.17) is 0 Å². The van der Waals surface area contributed by atoms with E-state index in [-0.39, 0.29) is 11.5 Å². The molecule has 6 heteroatoms. The van der Waals surface area contributed by atoms with E-state index in [9.17, 15) is 14.7 Å². The van der Waals surface area contributed by atoms with E-state index in [0.717, 1.165) is 35.4 Å². The molecule has 1 aliphatic carbocycles. The molecular formula is C15H14N2O3S. The fourth-order valence-electron chi connectivity index (χ4n) is 2.50. The highest BCUT2D eigenvalue weighted by Gasteiger charge is 2.27. The molecule has 0 bridgehead atoms. The normalized spacial score (nSPS) is 13.0. The Labute approximate surface area is 125 Å². The zero-order valence-electron chi connectivity index (χ0n) is 11.5. The third-order valence-corrected chi connectivity index (χ3v) is 4.74. The zero-order chi connectivity index (χ0) is 15.0. The van der Waals surface area contributed by atoms with Crippen LogP contribution in [0.5, 0.6) is 0 Å². The van der Waals surface area contributed by atoms with Gasteiger partial charge in [0.15, 0.2) is 0 Å². The van der Waals surface area contributed by atoms with Crippen LogP contribution in [0.3, 0.4) is 0 Å². The maximum Gasteiger partial charge on any atom is 0.339 e. The molecule has 3 rings (SSSR count). The van der Waals surface area contributed by atoms with E-state index >= 15 is 0 Å². The van der Waals surface area contributed by atoms with Crippen LogP contribution in [0.2, 0.25) is 0 Å². The van der Waals surface area contributed by atoms with Crippen LogP contribution in [0.15, 0.2) is 18.3 Å². The molecule has 0 aliphatic heterocycles.